The Balaban J connectivity index is 2.17. The largest absolute Gasteiger partial charge is 0.280 e. The number of nitrogens with zero attached hydrogens (tertiary/aromatic N) is 2. The molecular weight excluding hydrogens is 262 g/mol. The van der Waals surface area contributed by atoms with Crippen LogP contribution >= 0.6 is 0 Å². The molecule has 1 N–H and O–H groups in total. The Hall–Kier alpha value is -0.980. The van der Waals surface area contributed by atoms with Gasteiger partial charge in [-0.2, -0.15) is 17.4 Å². The van der Waals surface area contributed by atoms with Crippen molar-refractivity contribution >= 4 is 10.2 Å². The first-order chi connectivity index (χ1) is 9.04. The number of hydrogen-bond donors (Lipinski definition) is 1. The Bertz CT molecular complexity index is 524. The summed E-state index contributed by atoms with van der Waals surface area (Å²) in [6.45, 7) is 5.15. The van der Waals surface area contributed by atoms with Crippen LogP contribution in [-0.2, 0) is 10.2 Å². The number of rotatable bonds is 5. The summed E-state index contributed by atoms with van der Waals surface area (Å²) in [6, 6.07) is 3.56. The number of nitrogens with one attached hydrogen (secondary N) is 1. The van der Waals surface area contributed by atoms with E-state index in [0.29, 0.717) is 19.5 Å². The van der Waals surface area contributed by atoms with Gasteiger partial charge in [0.2, 0.25) is 0 Å². The van der Waals surface area contributed by atoms with Crippen LogP contribution in [0.5, 0.6) is 0 Å². The lowest BCUT2D eigenvalue weighted by molar-refractivity contribution is 0.449. The van der Waals surface area contributed by atoms with Crippen molar-refractivity contribution in [2.45, 2.75) is 39.2 Å². The molecule has 1 aliphatic rings. The maximum absolute atomic E-state index is 12.3. The van der Waals surface area contributed by atoms with Gasteiger partial charge in [0, 0.05) is 19.3 Å². The smallest absolute Gasteiger partial charge is 0.259 e. The molecule has 6 heteroatoms. The predicted octanol–water partition coefficient (Wildman–Crippen LogP) is 1.77. The van der Waals surface area contributed by atoms with E-state index in [1.165, 1.54) is 4.31 Å². The molecule has 1 aromatic rings. The van der Waals surface area contributed by atoms with E-state index in [1.54, 1.807) is 6.20 Å². The summed E-state index contributed by atoms with van der Waals surface area (Å²) in [7, 11) is -3.39. The van der Waals surface area contributed by atoms with Gasteiger partial charge in [-0.25, -0.2) is 0 Å². The normalized spacial score (nSPS) is 18.6. The molecule has 5 nitrogen and oxygen atoms in total. The molecule has 0 saturated carbocycles. The molecule has 2 rings (SSSR count). The first-order valence-corrected chi connectivity index (χ1v) is 8.17. The Morgan fingerprint density at radius 2 is 2.11 bits per heavy atom. The molecule has 1 unspecified atom stereocenters. The summed E-state index contributed by atoms with van der Waals surface area (Å²) in [5, 5.41) is 0. The van der Waals surface area contributed by atoms with Gasteiger partial charge >= 0.3 is 0 Å². The fourth-order valence-corrected chi connectivity index (χ4v) is 3.90. The molecule has 106 valence electrons. The fraction of sp³-hybridized carbons (Fsp3) is 0.615. The van der Waals surface area contributed by atoms with Crippen LogP contribution in [0.4, 0.5) is 0 Å². The summed E-state index contributed by atoms with van der Waals surface area (Å²) < 4.78 is 28.8. The van der Waals surface area contributed by atoms with Gasteiger partial charge < -0.3 is 0 Å². The molecule has 0 amide bonds. The van der Waals surface area contributed by atoms with E-state index in [1.807, 2.05) is 26.0 Å². The summed E-state index contributed by atoms with van der Waals surface area (Å²) in [4.78, 5) is 4.31. The molecule has 1 atom stereocenters. The third-order valence-corrected chi connectivity index (χ3v) is 5.11. The first-order valence-electron chi connectivity index (χ1n) is 6.73. The van der Waals surface area contributed by atoms with Gasteiger partial charge in [-0.1, -0.05) is 13.0 Å². The lowest BCUT2D eigenvalue weighted by atomic mass is 10.1. The van der Waals surface area contributed by atoms with Crippen molar-refractivity contribution in [3.63, 3.8) is 0 Å². The van der Waals surface area contributed by atoms with Crippen LogP contribution in [0.1, 0.15) is 43.5 Å². The third-order valence-electron chi connectivity index (χ3n) is 3.48. The zero-order chi connectivity index (χ0) is 13.9. The lowest BCUT2D eigenvalue weighted by Gasteiger charge is -2.22. The van der Waals surface area contributed by atoms with Crippen molar-refractivity contribution in [3.8, 4) is 0 Å². The van der Waals surface area contributed by atoms with Crippen LogP contribution in [0.2, 0.25) is 0 Å². The summed E-state index contributed by atoms with van der Waals surface area (Å²) in [6.07, 6.45) is 4.28. The summed E-state index contributed by atoms with van der Waals surface area (Å²) in [5.41, 5.74) is 1.83. The van der Waals surface area contributed by atoms with Crippen molar-refractivity contribution in [1.82, 2.24) is 14.0 Å². The van der Waals surface area contributed by atoms with Gasteiger partial charge in [0.05, 0.1) is 11.7 Å². The zero-order valence-electron chi connectivity index (χ0n) is 11.5. The van der Waals surface area contributed by atoms with Gasteiger partial charge in [-0.3, -0.25) is 4.98 Å². The minimum atomic E-state index is -3.39. The van der Waals surface area contributed by atoms with E-state index < -0.39 is 10.2 Å². The minimum Gasteiger partial charge on any atom is -0.259 e. The maximum atomic E-state index is 12.3. The van der Waals surface area contributed by atoms with Gasteiger partial charge in [-0.05, 0) is 37.8 Å². The van der Waals surface area contributed by atoms with Gasteiger partial charge in [0.15, 0.2) is 0 Å². The Morgan fingerprint density at radius 1 is 1.42 bits per heavy atom. The Morgan fingerprint density at radius 3 is 2.68 bits per heavy atom. The van der Waals surface area contributed by atoms with Crippen LogP contribution in [0.25, 0.3) is 0 Å². The van der Waals surface area contributed by atoms with E-state index in [9.17, 15) is 8.42 Å². The summed E-state index contributed by atoms with van der Waals surface area (Å²) in [5.74, 6) is 0. The van der Waals surface area contributed by atoms with Crippen LogP contribution in [0, 0.1) is 6.92 Å². The molecule has 0 aromatic carbocycles. The number of pyridine rings is 1. The second-order valence-electron chi connectivity index (χ2n) is 4.90. The lowest BCUT2D eigenvalue weighted by Crippen LogP contribution is -2.41. The molecule has 1 aromatic heterocycles. The van der Waals surface area contributed by atoms with E-state index in [2.05, 4.69) is 9.71 Å². The SMILES string of the molecule is CCC(NS(=O)(=O)N1CCCC1)c1ncccc1C. The third kappa shape index (κ3) is 3.32. The average Bonchev–Trinajstić information content (AvgIpc) is 2.91. The number of aromatic nitrogens is 1. The predicted molar refractivity (Wildman–Crippen MR) is 74.9 cm³/mol. The van der Waals surface area contributed by atoms with Gasteiger partial charge in [-0.15, -0.1) is 0 Å². The van der Waals surface area contributed by atoms with Gasteiger partial charge in [0.1, 0.15) is 0 Å². The van der Waals surface area contributed by atoms with Crippen molar-refractivity contribution in [3.05, 3.63) is 29.6 Å². The molecule has 19 heavy (non-hydrogen) atoms. The van der Waals surface area contributed by atoms with Crippen molar-refractivity contribution < 1.29 is 8.42 Å². The fourth-order valence-electron chi connectivity index (χ4n) is 2.38. The van der Waals surface area contributed by atoms with E-state index in [0.717, 1.165) is 24.1 Å². The van der Waals surface area contributed by atoms with Crippen LogP contribution < -0.4 is 4.72 Å². The average molecular weight is 283 g/mol. The van der Waals surface area contributed by atoms with E-state index in [-0.39, 0.29) is 6.04 Å². The quantitative estimate of drug-likeness (QED) is 0.896. The topological polar surface area (TPSA) is 62.3 Å². The second-order valence-corrected chi connectivity index (χ2v) is 6.60. The Labute approximate surface area is 115 Å². The first kappa shape index (κ1) is 14.4. The zero-order valence-corrected chi connectivity index (χ0v) is 12.3. The molecule has 0 radical (unpaired) electrons. The number of hydrogen-bond acceptors (Lipinski definition) is 3. The summed E-state index contributed by atoms with van der Waals surface area (Å²) >= 11 is 0. The monoisotopic (exact) mass is 283 g/mol. The molecular formula is C13H21N3O2S. The van der Waals surface area contributed by atoms with Crippen LogP contribution in [0.15, 0.2) is 18.3 Å². The highest BCUT2D eigenvalue weighted by Gasteiger charge is 2.28. The minimum absolute atomic E-state index is 0.258. The van der Waals surface area contributed by atoms with Crippen molar-refractivity contribution in [2.75, 3.05) is 13.1 Å². The van der Waals surface area contributed by atoms with E-state index in [4.69, 9.17) is 0 Å². The highest BCUT2D eigenvalue weighted by atomic mass is 32.2. The highest BCUT2D eigenvalue weighted by molar-refractivity contribution is 7.87. The molecule has 1 aliphatic heterocycles. The van der Waals surface area contributed by atoms with Gasteiger partial charge in [0.25, 0.3) is 10.2 Å². The number of aryl methyl sites for hydroxylation is 1. The Kier molecular flexibility index (Phi) is 4.54. The molecule has 0 bridgehead atoms. The molecule has 2 heterocycles. The molecule has 0 spiro atoms. The van der Waals surface area contributed by atoms with Crippen LogP contribution in [0.3, 0.4) is 0 Å². The van der Waals surface area contributed by atoms with E-state index >= 15 is 0 Å². The molecule has 1 saturated heterocycles. The van der Waals surface area contributed by atoms with Crippen molar-refractivity contribution in [2.24, 2.45) is 0 Å². The molecule has 0 aliphatic carbocycles. The standard InChI is InChI=1S/C13H21N3O2S/c1-3-12(13-11(2)7-6-8-14-13)15-19(17,18)16-9-4-5-10-16/h6-8,12,15H,3-5,9-10H2,1-2H3. The van der Waals surface area contributed by atoms with Crippen molar-refractivity contribution in [1.29, 1.82) is 0 Å². The maximum Gasteiger partial charge on any atom is 0.280 e. The second kappa shape index (κ2) is 5.98. The van der Waals surface area contributed by atoms with Crippen LogP contribution in [-0.4, -0.2) is 30.8 Å². The highest BCUT2D eigenvalue weighted by Crippen LogP contribution is 2.21. The molecule has 1 fully saturated rings.